The molecule has 5 rings (SSSR count). The van der Waals surface area contributed by atoms with Gasteiger partial charge in [-0.3, -0.25) is 9.59 Å². The fraction of sp³-hybridized carbons (Fsp3) is 0.889. The molecule has 0 aromatic carbocycles. The second-order valence-corrected chi connectivity index (χ2v) is 12.8. The quantitative estimate of drug-likeness (QED) is 0.181. The summed E-state index contributed by atoms with van der Waals surface area (Å²) in [4.78, 5) is 36.3. The third kappa shape index (κ3) is 7.36. The number of rotatable bonds is 10. The Labute approximate surface area is 242 Å². The normalized spacial score (nSPS) is 34.3. The number of carbonyl (C=O) groups excluding carboxylic acids is 3. The van der Waals surface area contributed by atoms with Crippen LogP contribution < -0.4 is 0 Å². The number of hydrogen-bond acceptors (Lipinski definition) is 8. The van der Waals surface area contributed by atoms with E-state index >= 15 is 0 Å². The van der Waals surface area contributed by atoms with Crippen LogP contribution in [0.25, 0.3) is 0 Å². The largest absolute Gasteiger partial charge is 0.465 e. The molecule has 5 aliphatic rings. The van der Waals surface area contributed by atoms with Crippen LogP contribution in [0.5, 0.6) is 0 Å². The molecular formula is C27H34F8O8. The molecule has 246 valence electrons. The van der Waals surface area contributed by atoms with E-state index in [-0.39, 0.29) is 37.2 Å². The van der Waals surface area contributed by atoms with Gasteiger partial charge >= 0.3 is 30.0 Å². The minimum Gasteiger partial charge on any atom is -0.465 e. The molecule has 4 bridgehead atoms. The van der Waals surface area contributed by atoms with Crippen LogP contribution in [0.2, 0.25) is 0 Å². The fourth-order valence-electron chi connectivity index (χ4n) is 6.78. The van der Waals surface area contributed by atoms with Crippen molar-refractivity contribution < 1.29 is 73.2 Å². The van der Waals surface area contributed by atoms with Crippen LogP contribution in [0.4, 0.5) is 35.1 Å². The first-order valence-corrected chi connectivity index (χ1v) is 13.9. The molecule has 16 heteroatoms. The zero-order valence-electron chi connectivity index (χ0n) is 23.7. The third-order valence-corrected chi connectivity index (χ3v) is 8.55. The van der Waals surface area contributed by atoms with E-state index in [1.165, 1.54) is 0 Å². The van der Waals surface area contributed by atoms with Gasteiger partial charge in [-0.15, -0.1) is 0 Å². The first kappa shape index (κ1) is 33.7. The smallest absolute Gasteiger partial charge is 0.453 e. The summed E-state index contributed by atoms with van der Waals surface area (Å²) in [6, 6.07) is 0. The van der Waals surface area contributed by atoms with Gasteiger partial charge in [-0.2, -0.15) is 22.0 Å². The first-order chi connectivity index (χ1) is 19.5. The van der Waals surface area contributed by atoms with E-state index < -0.39 is 91.1 Å². The van der Waals surface area contributed by atoms with E-state index in [2.05, 4.69) is 4.74 Å². The lowest BCUT2D eigenvalue weighted by Gasteiger charge is -2.65. The van der Waals surface area contributed by atoms with E-state index in [1.807, 2.05) is 0 Å². The third-order valence-electron chi connectivity index (χ3n) is 8.55. The summed E-state index contributed by atoms with van der Waals surface area (Å²) in [6.07, 6.45) is -8.48. The van der Waals surface area contributed by atoms with Crippen molar-refractivity contribution >= 4 is 17.9 Å². The lowest BCUT2D eigenvalue weighted by atomic mass is 9.51. The highest BCUT2D eigenvalue weighted by atomic mass is 19.4. The van der Waals surface area contributed by atoms with Gasteiger partial charge in [0.05, 0.1) is 13.2 Å². The van der Waals surface area contributed by atoms with E-state index in [0.29, 0.717) is 26.2 Å². The highest BCUT2D eigenvalue weighted by molar-refractivity contribution is 5.78. The van der Waals surface area contributed by atoms with Crippen LogP contribution in [0.1, 0.15) is 65.7 Å². The SMILES string of the molecule is CC(F)(F)CC(=O)OCC1OC2(OCC1COC(=O)CC(F)(F)C(F)(F)F)C1CC3CC2CC(OC(=O)C(C)(C)F)(C3)C1. The first-order valence-electron chi connectivity index (χ1n) is 13.9. The lowest BCUT2D eigenvalue weighted by Crippen LogP contribution is -2.69. The Bertz CT molecular complexity index is 1070. The molecular weight excluding hydrogens is 604 g/mol. The number of carbonyl (C=O) groups is 3. The van der Waals surface area contributed by atoms with Gasteiger partial charge in [-0.25, -0.2) is 18.0 Å². The Balaban J connectivity index is 1.48. The van der Waals surface area contributed by atoms with Crippen molar-refractivity contribution in [1.82, 2.24) is 0 Å². The second-order valence-electron chi connectivity index (χ2n) is 12.8. The van der Waals surface area contributed by atoms with Gasteiger partial charge in [0, 0.05) is 17.8 Å². The maximum absolute atomic E-state index is 14.3. The fourth-order valence-corrected chi connectivity index (χ4v) is 6.78. The molecule has 4 unspecified atom stereocenters. The lowest BCUT2D eigenvalue weighted by molar-refractivity contribution is -0.402. The number of alkyl halides is 8. The molecule has 4 atom stereocenters. The summed E-state index contributed by atoms with van der Waals surface area (Å²) in [5, 5.41) is 0. The molecule has 8 nitrogen and oxygen atoms in total. The molecule has 0 radical (unpaired) electrons. The summed E-state index contributed by atoms with van der Waals surface area (Å²) in [6.45, 7) is 1.04. The van der Waals surface area contributed by atoms with Gasteiger partial charge in [0.1, 0.15) is 31.2 Å². The van der Waals surface area contributed by atoms with Crippen LogP contribution in [-0.4, -0.2) is 78.9 Å². The van der Waals surface area contributed by atoms with E-state index in [0.717, 1.165) is 13.8 Å². The molecule has 0 aromatic heterocycles. The van der Waals surface area contributed by atoms with Crippen molar-refractivity contribution in [3.05, 3.63) is 0 Å². The number of esters is 3. The van der Waals surface area contributed by atoms with E-state index in [4.69, 9.17) is 18.9 Å². The van der Waals surface area contributed by atoms with E-state index in [9.17, 15) is 49.5 Å². The van der Waals surface area contributed by atoms with E-state index in [1.54, 1.807) is 0 Å². The van der Waals surface area contributed by atoms with Crippen molar-refractivity contribution in [2.45, 2.75) is 107 Å². The minimum absolute atomic E-state index is 0.0999. The van der Waals surface area contributed by atoms with Crippen molar-refractivity contribution in [2.75, 3.05) is 19.8 Å². The summed E-state index contributed by atoms with van der Waals surface area (Å²) in [5.41, 5.74) is -3.18. The zero-order chi connectivity index (χ0) is 32.2. The van der Waals surface area contributed by atoms with Crippen LogP contribution in [0.15, 0.2) is 0 Å². The zero-order valence-corrected chi connectivity index (χ0v) is 23.7. The Hall–Kier alpha value is -2.23. The Morgan fingerprint density at radius 1 is 0.814 bits per heavy atom. The van der Waals surface area contributed by atoms with Gasteiger partial charge < -0.3 is 23.7 Å². The van der Waals surface area contributed by atoms with Gasteiger partial charge in [-0.1, -0.05) is 0 Å². The molecule has 1 heterocycles. The summed E-state index contributed by atoms with van der Waals surface area (Å²) >= 11 is 0. The van der Waals surface area contributed by atoms with Crippen molar-refractivity contribution in [2.24, 2.45) is 23.7 Å². The maximum atomic E-state index is 14.3. The molecule has 1 spiro atoms. The number of hydrogen-bond donors (Lipinski definition) is 0. The van der Waals surface area contributed by atoms with Gasteiger partial charge in [0.2, 0.25) is 5.67 Å². The van der Waals surface area contributed by atoms with Crippen molar-refractivity contribution in [1.29, 1.82) is 0 Å². The molecule has 4 aliphatic carbocycles. The minimum atomic E-state index is -5.97. The molecule has 0 N–H and O–H groups in total. The standard InChI is InChI=1S/C27H34F8O8/c1-22(2,28)21(38)43-24-6-14-4-16(7-24)26(17(5-14)8-24)41-12-15(11-39-20(37)10-25(31,32)27(33,34)35)18(42-26)13-40-19(36)9-23(3,29)30/h14-18H,4-13H2,1-3H3. The van der Waals surface area contributed by atoms with Crippen LogP contribution >= 0.6 is 0 Å². The summed E-state index contributed by atoms with van der Waals surface area (Å²) in [7, 11) is 0. The highest BCUT2D eigenvalue weighted by Gasteiger charge is 2.67. The molecule has 4 saturated carbocycles. The maximum Gasteiger partial charge on any atom is 0.453 e. The van der Waals surface area contributed by atoms with Crippen LogP contribution in [0, 0.1) is 23.7 Å². The van der Waals surface area contributed by atoms with Gasteiger partial charge in [0.25, 0.3) is 5.92 Å². The van der Waals surface area contributed by atoms with Gasteiger partial charge in [0.15, 0.2) is 5.79 Å². The van der Waals surface area contributed by atoms with Crippen molar-refractivity contribution in [3.8, 4) is 0 Å². The summed E-state index contributed by atoms with van der Waals surface area (Å²) < 4.78 is 133. The molecule has 43 heavy (non-hydrogen) atoms. The molecule has 1 aliphatic heterocycles. The van der Waals surface area contributed by atoms with Gasteiger partial charge in [-0.05, 0) is 58.8 Å². The molecule has 0 amide bonds. The predicted octanol–water partition coefficient (Wildman–Crippen LogP) is 5.30. The molecule has 0 aromatic rings. The Morgan fingerprint density at radius 3 is 1.91 bits per heavy atom. The highest BCUT2D eigenvalue weighted by Crippen LogP contribution is 2.64. The summed E-state index contributed by atoms with van der Waals surface area (Å²) in [5.74, 6) is -15.9. The molecule has 1 saturated heterocycles. The number of ether oxygens (including phenoxy) is 5. The predicted molar refractivity (Wildman–Crippen MR) is 127 cm³/mol. The van der Waals surface area contributed by atoms with Crippen LogP contribution in [-0.2, 0) is 38.1 Å². The Kier molecular flexibility index (Phi) is 8.84. The molecule has 5 fully saturated rings. The topological polar surface area (TPSA) is 97.4 Å². The average molecular weight is 639 g/mol. The Morgan fingerprint density at radius 2 is 1.37 bits per heavy atom. The van der Waals surface area contributed by atoms with Crippen LogP contribution in [0.3, 0.4) is 0 Å². The average Bonchev–Trinajstić information content (AvgIpc) is 2.82. The number of halogens is 8. The van der Waals surface area contributed by atoms with Crippen molar-refractivity contribution in [3.63, 3.8) is 0 Å². The monoisotopic (exact) mass is 638 g/mol. The second kappa shape index (κ2) is 11.3.